The van der Waals surface area contributed by atoms with Gasteiger partial charge in [0.05, 0.1) is 0 Å². The van der Waals surface area contributed by atoms with Crippen LogP contribution in [-0.4, -0.2) is 0 Å². The Bertz CT molecular complexity index is 601. The molecule has 0 heterocycles. The van der Waals surface area contributed by atoms with Gasteiger partial charge in [-0.05, 0) is 23.3 Å². The van der Waals surface area contributed by atoms with Crippen LogP contribution in [0.3, 0.4) is 0 Å². The number of terminal acetylenes is 2. The van der Waals surface area contributed by atoms with Gasteiger partial charge in [0.15, 0.2) is 0 Å². The van der Waals surface area contributed by atoms with Crippen LogP contribution in [0.15, 0.2) is 48.5 Å². The molecule has 0 heteroatoms. The van der Waals surface area contributed by atoms with E-state index in [0.29, 0.717) is 0 Å². The van der Waals surface area contributed by atoms with Crippen LogP contribution in [0.5, 0.6) is 0 Å². The minimum absolute atomic E-state index is 0.881. The van der Waals surface area contributed by atoms with E-state index in [1.807, 2.05) is 60.7 Å². The zero-order valence-corrected chi connectivity index (χ0v) is 9.93. The Morgan fingerprint density at radius 3 is 1.44 bits per heavy atom. The summed E-state index contributed by atoms with van der Waals surface area (Å²) in [5, 5.41) is 0. The summed E-state index contributed by atoms with van der Waals surface area (Å²) in [6.45, 7) is 0. The van der Waals surface area contributed by atoms with Crippen LogP contribution in [0.4, 0.5) is 0 Å². The maximum Gasteiger partial charge on any atom is 0.0315 e. The predicted molar refractivity (Wildman–Crippen MR) is 77.7 cm³/mol. The Kier molecular flexibility index (Phi) is 3.65. The molecule has 2 rings (SSSR count). The lowest BCUT2D eigenvalue weighted by Gasteiger charge is -2.00. The van der Waals surface area contributed by atoms with Crippen LogP contribution in [0.2, 0.25) is 0 Å². The quantitative estimate of drug-likeness (QED) is 0.541. The minimum atomic E-state index is 0.881. The highest BCUT2D eigenvalue weighted by Crippen LogP contribution is 2.14. The third kappa shape index (κ3) is 2.51. The van der Waals surface area contributed by atoms with Crippen LogP contribution in [0.1, 0.15) is 22.3 Å². The van der Waals surface area contributed by atoms with E-state index in [4.69, 9.17) is 12.8 Å². The lowest BCUT2D eigenvalue weighted by molar-refractivity contribution is 1.59. The lowest BCUT2D eigenvalue weighted by Crippen LogP contribution is -1.82. The van der Waals surface area contributed by atoms with Gasteiger partial charge in [-0.15, -0.1) is 12.8 Å². The van der Waals surface area contributed by atoms with Gasteiger partial charge in [0.1, 0.15) is 0 Å². The van der Waals surface area contributed by atoms with Gasteiger partial charge in [-0.1, -0.05) is 60.4 Å². The molecule has 2 aromatic rings. The first-order valence-corrected chi connectivity index (χ1v) is 5.64. The molecule has 18 heavy (non-hydrogen) atoms. The predicted octanol–water partition coefficient (Wildman–Crippen LogP) is 3.82. The van der Waals surface area contributed by atoms with Crippen molar-refractivity contribution in [1.82, 2.24) is 0 Å². The standard InChI is InChI=1S/C18H12/c1-3-15-9-5-7-11-17(15)13-14-18-12-8-6-10-16(18)4-2/h1-2,5-14H/b14-13-. The van der Waals surface area contributed by atoms with Crippen molar-refractivity contribution in [2.24, 2.45) is 0 Å². The molecule has 0 radical (unpaired) electrons. The zero-order valence-electron chi connectivity index (χ0n) is 9.93. The number of rotatable bonds is 2. The first-order chi connectivity index (χ1) is 8.85. The summed E-state index contributed by atoms with van der Waals surface area (Å²) in [6.07, 6.45) is 14.9. The second kappa shape index (κ2) is 5.58. The fourth-order valence-electron chi connectivity index (χ4n) is 1.73. The molecule has 0 spiro atoms. The van der Waals surface area contributed by atoms with Gasteiger partial charge in [-0.3, -0.25) is 0 Å². The van der Waals surface area contributed by atoms with E-state index in [2.05, 4.69) is 11.8 Å². The second-order valence-electron chi connectivity index (χ2n) is 3.80. The van der Waals surface area contributed by atoms with E-state index in [1.54, 1.807) is 0 Å². The van der Waals surface area contributed by atoms with Crippen molar-refractivity contribution in [2.75, 3.05) is 0 Å². The average Bonchev–Trinajstić information content (AvgIpc) is 2.45. The molecule has 0 atom stereocenters. The molecule has 0 N–H and O–H groups in total. The van der Waals surface area contributed by atoms with Gasteiger partial charge >= 0.3 is 0 Å². The van der Waals surface area contributed by atoms with Crippen molar-refractivity contribution in [3.05, 3.63) is 70.8 Å². The summed E-state index contributed by atoms with van der Waals surface area (Å²) in [7, 11) is 0. The molecule has 0 saturated carbocycles. The fourth-order valence-corrected chi connectivity index (χ4v) is 1.73. The lowest BCUT2D eigenvalue weighted by atomic mass is 10.0. The van der Waals surface area contributed by atoms with Gasteiger partial charge in [0.25, 0.3) is 0 Å². The van der Waals surface area contributed by atoms with Gasteiger partial charge < -0.3 is 0 Å². The van der Waals surface area contributed by atoms with Crippen LogP contribution >= 0.6 is 0 Å². The monoisotopic (exact) mass is 228 g/mol. The summed E-state index contributed by atoms with van der Waals surface area (Å²) in [5.41, 5.74) is 3.80. The molecule has 0 aliphatic rings. The van der Waals surface area contributed by atoms with Crippen molar-refractivity contribution in [3.63, 3.8) is 0 Å². The summed E-state index contributed by atoms with van der Waals surface area (Å²) < 4.78 is 0. The molecule has 0 saturated heterocycles. The maximum atomic E-state index is 5.46. The van der Waals surface area contributed by atoms with Crippen molar-refractivity contribution in [3.8, 4) is 24.7 Å². The third-order valence-corrected chi connectivity index (χ3v) is 2.68. The summed E-state index contributed by atoms with van der Waals surface area (Å²) in [6, 6.07) is 15.6. The van der Waals surface area contributed by atoms with Crippen LogP contribution in [0.25, 0.3) is 12.2 Å². The molecule has 0 nitrogen and oxygen atoms in total. The van der Waals surface area contributed by atoms with Crippen molar-refractivity contribution in [2.45, 2.75) is 0 Å². The van der Waals surface area contributed by atoms with Gasteiger partial charge in [-0.2, -0.15) is 0 Å². The zero-order chi connectivity index (χ0) is 12.8. The Morgan fingerprint density at radius 2 is 1.06 bits per heavy atom. The van der Waals surface area contributed by atoms with Crippen molar-refractivity contribution >= 4 is 12.2 Å². The number of benzene rings is 2. The maximum absolute atomic E-state index is 5.46. The first-order valence-electron chi connectivity index (χ1n) is 5.64. The van der Waals surface area contributed by atoms with E-state index in [0.717, 1.165) is 22.3 Å². The van der Waals surface area contributed by atoms with Crippen LogP contribution in [0, 0.1) is 24.7 Å². The largest absolute Gasteiger partial charge is 0.115 e. The van der Waals surface area contributed by atoms with Gasteiger partial charge in [0, 0.05) is 11.1 Å². The topological polar surface area (TPSA) is 0 Å². The summed E-state index contributed by atoms with van der Waals surface area (Å²) in [5.74, 6) is 5.34. The van der Waals surface area contributed by atoms with Crippen LogP contribution < -0.4 is 0 Å². The summed E-state index contributed by atoms with van der Waals surface area (Å²) >= 11 is 0. The smallest absolute Gasteiger partial charge is 0.0315 e. The molecule has 84 valence electrons. The molecule has 0 aliphatic carbocycles. The Hall–Kier alpha value is -2.70. The molecular formula is C18H12. The van der Waals surface area contributed by atoms with Gasteiger partial charge in [-0.25, -0.2) is 0 Å². The normalized spacial score (nSPS) is 9.89. The van der Waals surface area contributed by atoms with Crippen LogP contribution in [-0.2, 0) is 0 Å². The third-order valence-electron chi connectivity index (χ3n) is 2.68. The minimum Gasteiger partial charge on any atom is -0.115 e. The highest BCUT2D eigenvalue weighted by Gasteiger charge is 1.96. The highest BCUT2D eigenvalue weighted by molar-refractivity contribution is 5.75. The summed E-state index contributed by atoms with van der Waals surface area (Å²) in [4.78, 5) is 0. The first kappa shape index (κ1) is 11.8. The second-order valence-corrected chi connectivity index (χ2v) is 3.80. The molecular weight excluding hydrogens is 216 g/mol. The molecule has 0 unspecified atom stereocenters. The van der Waals surface area contributed by atoms with E-state index in [1.165, 1.54) is 0 Å². The van der Waals surface area contributed by atoms with Crippen molar-refractivity contribution in [1.29, 1.82) is 0 Å². The highest BCUT2D eigenvalue weighted by atomic mass is 14.0. The SMILES string of the molecule is C#Cc1ccccc1/C=C\c1ccccc1C#C. The number of hydrogen-bond acceptors (Lipinski definition) is 0. The molecule has 0 fully saturated rings. The van der Waals surface area contributed by atoms with E-state index < -0.39 is 0 Å². The molecule has 2 aromatic carbocycles. The molecule has 0 aliphatic heterocycles. The molecule has 0 bridgehead atoms. The van der Waals surface area contributed by atoms with E-state index >= 15 is 0 Å². The fraction of sp³-hybridized carbons (Fsp3) is 0. The van der Waals surface area contributed by atoms with Crippen molar-refractivity contribution < 1.29 is 0 Å². The van der Waals surface area contributed by atoms with E-state index in [9.17, 15) is 0 Å². The number of hydrogen-bond donors (Lipinski definition) is 0. The average molecular weight is 228 g/mol. The van der Waals surface area contributed by atoms with E-state index in [-0.39, 0.29) is 0 Å². The Labute approximate surface area is 108 Å². The molecule has 0 aromatic heterocycles. The Morgan fingerprint density at radius 1 is 0.667 bits per heavy atom. The Balaban J connectivity index is 2.37. The molecule has 0 amide bonds. The van der Waals surface area contributed by atoms with Gasteiger partial charge in [0.2, 0.25) is 0 Å².